The Labute approximate surface area is 175 Å². The third kappa shape index (κ3) is 5.54. The molecule has 1 aromatic carbocycles. The summed E-state index contributed by atoms with van der Waals surface area (Å²) in [5, 5.41) is 9.13. The van der Waals surface area contributed by atoms with Crippen LogP contribution in [-0.4, -0.2) is 39.6 Å². The van der Waals surface area contributed by atoms with Crippen molar-refractivity contribution >= 4 is 23.2 Å². The summed E-state index contributed by atoms with van der Waals surface area (Å²) in [5.74, 6) is -0.341. The summed E-state index contributed by atoms with van der Waals surface area (Å²) >= 11 is 1.36. The topological polar surface area (TPSA) is 67.2 Å². The van der Waals surface area contributed by atoms with Gasteiger partial charge in [0.25, 0.3) is 5.91 Å². The normalized spacial score (nSPS) is 12.0. The highest BCUT2D eigenvalue weighted by atomic mass is 32.1. The highest BCUT2D eigenvalue weighted by Crippen LogP contribution is 2.13. The average Bonchev–Trinajstić information content (AvgIpc) is 3.38. The number of amides is 2. The summed E-state index contributed by atoms with van der Waals surface area (Å²) in [6.07, 6.45) is 3.73. The van der Waals surface area contributed by atoms with E-state index in [9.17, 15) is 9.59 Å². The van der Waals surface area contributed by atoms with Crippen molar-refractivity contribution in [2.24, 2.45) is 5.92 Å². The lowest BCUT2D eigenvalue weighted by Crippen LogP contribution is -2.49. The van der Waals surface area contributed by atoms with E-state index in [4.69, 9.17) is 0 Å². The van der Waals surface area contributed by atoms with Crippen LogP contribution in [0.1, 0.15) is 34.6 Å². The van der Waals surface area contributed by atoms with Crippen LogP contribution in [0, 0.1) is 5.92 Å². The van der Waals surface area contributed by atoms with Crippen molar-refractivity contribution in [3.63, 3.8) is 0 Å². The SMILES string of the molecule is CC(C)C(NC(=O)c1cccs1)C(=O)N(C)Cc1cnn(Cc2ccccc2)c1. The number of thiophene rings is 1. The van der Waals surface area contributed by atoms with Crippen LogP contribution in [0.15, 0.2) is 60.2 Å². The molecule has 0 radical (unpaired) electrons. The van der Waals surface area contributed by atoms with Gasteiger partial charge in [0.1, 0.15) is 6.04 Å². The molecule has 3 aromatic rings. The van der Waals surface area contributed by atoms with E-state index in [1.807, 2.05) is 54.4 Å². The molecule has 1 N–H and O–H groups in total. The van der Waals surface area contributed by atoms with Crippen molar-refractivity contribution in [2.75, 3.05) is 7.05 Å². The second-order valence-corrected chi connectivity index (χ2v) is 8.35. The maximum atomic E-state index is 13.0. The van der Waals surface area contributed by atoms with Crippen molar-refractivity contribution in [3.8, 4) is 0 Å². The van der Waals surface area contributed by atoms with E-state index < -0.39 is 6.04 Å². The number of hydrogen-bond acceptors (Lipinski definition) is 4. The smallest absolute Gasteiger partial charge is 0.262 e. The Balaban J connectivity index is 1.61. The number of nitrogens with zero attached hydrogens (tertiary/aromatic N) is 3. The summed E-state index contributed by atoms with van der Waals surface area (Å²) in [6.45, 7) is 4.99. The minimum atomic E-state index is -0.575. The quantitative estimate of drug-likeness (QED) is 0.619. The molecule has 1 unspecified atom stereocenters. The lowest BCUT2D eigenvalue weighted by atomic mass is 10.0. The Morgan fingerprint density at radius 1 is 1.14 bits per heavy atom. The minimum absolute atomic E-state index is 0.0188. The molecule has 6 nitrogen and oxygen atoms in total. The molecule has 2 aromatic heterocycles. The van der Waals surface area contributed by atoms with Crippen molar-refractivity contribution in [1.29, 1.82) is 0 Å². The second kappa shape index (κ2) is 9.52. The molecule has 7 heteroatoms. The standard InChI is InChI=1S/C22H26N4O2S/c1-16(2)20(24-21(27)19-10-7-11-29-19)22(28)25(3)13-18-12-23-26(15-18)14-17-8-5-4-6-9-17/h4-12,15-16,20H,13-14H2,1-3H3,(H,24,27). The summed E-state index contributed by atoms with van der Waals surface area (Å²) in [4.78, 5) is 27.6. The Morgan fingerprint density at radius 3 is 2.55 bits per heavy atom. The highest BCUT2D eigenvalue weighted by Gasteiger charge is 2.27. The number of carbonyl (C=O) groups is 2. The van der Waals surface area contributed by atoms with E-state index in [1.165, 1.54) is 16.9 Å². The van der Waals surface area contributed by atoms with Gasteiger partial charge in [-0.1, -0.05) is 50.2 Å². The van der Waals surface area contributed by atoms with Crippen molar-refractivity contribution in [1.82, 2.24) is 20.0 Å². The molecule has 0 fully saturated rings. The molecule has 152 valence electrons. The van der Waals surface area contributed by atoms with Gasteiger partial charge in [0.05, 0.1) is 17.6 Å². The maximum Gasteiger partial charge on any atom is 0.262 e. The number of benzene rings is 1. The molecular formula is C22H26N4O2S. The monoisotopic (exact) mass is 410 g/mol. The first kappa shape index (κ1) is 20.8. The van der Waals surface area contributed by atoms with Gasteiger partial charge >= 0.3 is 0 Å². The lowest BCUT2D eigenvalue weighted by Gasteiger charge is -2.26. The Morgan fingerprint density at radius 2 is 1.90 bits per heavy atom. The van der Waals surface area contributed by atoms with Crippen molar-refractivity contribution < 1.29 is 9.59 Å². The molecule has 2 amide bonds. The first-order valence-electron chi connectivity index (χ1n) is 9.58. The van der Waals surface area contributed by atoms with Gasteiger partial charge in [-0.3, -0.25) is 14.3 Å². The van der Waals surface area contributed by atoms with Gasteiger partial charge in [0.2, 0.25) is 5.91 Å². The fraction of sp³-hybridized carbons (Fsp3) is 0.318. The summed E-state index contributed by atoms with van der Waals surface area (Å²) < 4.78 is 1.86. The largest absolute Gasteiger partial charge is 0.340 e. The average molecular weight is 411 g/mol. The Bertz CT molecular complexity index is 935. The number of carbonyl (C=O) groups excluding carboxylic acids is 2. The van der Waals surface area contributed by atoms with E-state index in [-0.39, 0.29) is 17.7 Å². The van der Waals surface area contributed by atoms with Crippen molar-refractivity contribution in [3.05, 3.63) is 76.2 Å². The van der Waals surface area contributed by atoms with E-state index >= 15 is 0 Å². The van der Waals surface area contributed by atoms with Crippen LogP contribution >= 0.6 is 11.3 Å². The second-order valence-electron chi connectivity index (χ2n) is 7.40. The van der Waals surface area contributed by atoms with Crippen LogP contribution in [0.4, 0.5) is 0 Å². The number of aromatic nitrogens is 2. The molecular weight excluding hydrogens is 384 g/mol. The van der Waals surface area contributed by atoms with Crippen molar-refractivity contribution in [2.45, 2.75) is 33.0 Å². The molecule has 0 bridgehead atoms. The summed E-state index contributed by atoms with van der Waals surface area (Å²) in [5.41, 5.74) is 2.12. The van der Waals surface area contributed by atoms with E-state index in [0.29, 0.717) is 18.0 Å². The molecule has 2 heterocycles. The maximum absolute atomic E-state index is 13.0. The Kier molecular flexibility index (Phi) is 6.82. The molecule has 0 saturated carbocycles. The van der Waals surface area contributed by atoms with Gasteiger partial charge in [-0.05, 0) is 22.9 Å². The third-order valence-corrected chi connectivity index (χ3v) is 5.50. The molecule has 0 spiro atoms. The predicted octanol–water partition coefficient (Wildman–Crippen LogP) is 3.41. The summed E-state index contributed by atoms with van der Waals surface area (Å²) in [7, 11) is 1.75. The van der Waals surface area contributed by atoms with Gasteiger partial charge in [0, 0.05) is 25.4 Å². The van der Waals surface area contributed by atoms with Crippen LogP contribution in [0.25, 0.3) is 0 Å². The first-order valence-corrected chi connectivity index (χ1v) is 10.5. The fourth-order valence-electron chi connectivity index (χ4n) is 3.07. The van der Waals surface area contributed by atoms with Gasteiger partial charge in [0.15, 0.2) is 0 Å². The molecule has 3 rings (SSSR count). The fourth-order valence-corrected chi connectivity index (χ4v) is 3.69. The molecule has 0 aliphatic rings. The van der Waals surface area contributed by atoms with Crippen LogP contribution in [-0.2, 0) is 17.9 Å². The van der Waals surface area contributed by atoms with E-state index in [1.54, 1.807) is 24.2 Å². The zero-order valence-electron chi connectivity index (χ0n) is 16.9. The van der Waals surface area contributed by atoms with Crippen LogP contribution in [0.5, 0.6) is 0 Å². The number of rotatable bonds is 8. The van der Waals surface area contributed by atoms with Crippen LogP contribution in [0.2, 0.25) is 0 Å². The van der Waals surface area contributed by atoms with E-state index in [0.717, 1.165) is 5.56 Å². The van der Waals surface area contributed by atoms with E-state index in [2.05, 4.69) is 22.5 Å². The van der Waals surface area contributed by atoms with Gasteiger partial charge in [-0.25, -0.2) is 0 Å². The molecule has 0 aliphatic carbocycles. The van der Waals surface area contributed by atoms with Crippen LogP contribution in [0.3, 0.4) is 0 Å². The molecule has 0 aliphatic heterocycles. The van der Waals surface area contributed by atoms with Crippen LogP contribution < -0.4 is 5.32 Å². The minimum Gasteiger partial charge on any atom is -0.340 e. The van der Waals surface area contributed by atoms with Gasteiger partial charge in [-0.2, -0.15) is 5.10 Å². The number of hydrogen-bond donors (Lipinski definition) is 1. The molecule has 29 heavy (non-hydrogen) atoms. The number of likely N-dealkylation sites (N-methyl/N-ethyl adjacent to an activating group) is 1. The number of nitrogens with one attached hydrogen (secondary N) is 1. The van der Waals surface area contributed by atoms with Gasteiger partial charge < -0.3 is 10.2 Å². The molecule has 1 atom stereocenters. The molecule has 0 saturated heterocycles. The third-order valence-electron chi connectivity index (χ3n) is 4.63. The zero-order valence-corrected chi connectivity index (χ0v) is 17.7. The van der Waals surface area contributed by atoms with Gasteiger partial charge in [-0.15, -0.1) is 11.3 Å². The first-order chi connectivity index (χ1) is 13.9. The summed E-state index contributed by atoms with van der Waals surface area (Å²) in [6, 6.07) is 13.1. The highest BCUT2D eigenvalue weighted by molar-refractivity contribution is 7.12. The zero-order chi connectivity index (χ0) is 20.8. The predicted molar refractivity (Wildman–Crippen MR) is 115 cm³/mol. The lowest BCUT2D eigenvalue weighted by molar-refractivity contribution is -0.133. The Hall–Kier alpha value is -2.93.